The van der Waals surface area contributed by atoms with E-state index >= 15 is 0 Å². The van der Waals surface area contributed by atoms with Crippen molar-refractivity contribution in [1.82, 2.24) is 0 Å². The number of anilines is 1. The highest BCUT2D eigenvalue weighted by Gasteiger charge is 2.32. The van der Waals surface area contributed by atoms with E-state index in [0.29, 0.717) is 10.8 Å². The van der Waals surface area contributed by atoms with E-state index in [1.165, 1.54) is 6.92 Å². The first-order valence-corrected chi connectivity index (χ1v) is 7.43. The van der Waals surface area contributed by atoms with Gasteiger partial charge in [-0.3, -0.25) is 14.9 Å². The number of amides is 1. The molecule has 25 heavy (non-hydrogen) atoms. The molecule has 0 aromatic heterocycles. The Kier molecular flexibility index (Phi) is 5.55. The highest BCUT2D eigenvalue weighted by Crippen LogP contribution is 2.22. The summed E-state index contributed by atoms with van der Waals surface area (Å²) in [6, 6.07) is 9.20. The summed E-state index contributed by atoms with van der Waals surface area (Å²) in [5, 5.41) is 23.6. The van der Waals surface area contributed by atoms with Crippen molar-refractivity contribution in [3.05, 3.63) is 63.4 Å². The summed E-state index contributed by atoms with van der Waals surface area (Å²) in [5.74, 6) is -1.55. The number of carbonyl (C=O) groups excluding carboxylic acids is 1. The maximum absolute atomic E-state index is 13.6. The molecule has 2 aromatic rings. The summed E-state index contributed by atoms with van der Waals surface area (Å²) in [4.78, 5) is 21.8. The molecule has 0 spiro atoms. The Morgan fingerprint density at radius 1 is 1.36 bits per heavy atom. The number of benzene rings is 2. The van der Waals surface area contributed by atoms with Gasteiger partial charge in [-0.1, -0.05) is 11.6 Å². The van der Waals surface area contributed by atoms with Gasteiger partial charge in [0.05, 0.1) is 4.92 Å². The van der Waals surface area contributed by atoms with Crippen molar-refractivity contribution in [3.63, 3.8) is 0 Å². The molecule has 0 unspecified atom stereocenters. The molecule has 9 heteroatoms. The van der Waals surface area contributed by atoms with Gasteiger partial charge in [0.2, 0.25) is 5.82 Å². The molecular weight excluding hydrogens is 355 g/mol. The summed E-state index contributed by atoms with van der Waals surface area (Å²) >= 11 is 5.74. The van der Waals surface area contributed by atoms with E-state index in [1.54, 1.807) is 24.3 Å². The summed E-state index contributed by atoms with van der Waals surface area (Å²) in [6.07, 6.45) is 0. The quantitative estimate of drug-likeness (QED) is 0.602. The maximum Gasteiger partial charge on any atom is 0.304 e. The van der Waals surface area contributed by atoms with Gasteiger partial charge in [-0.15, -0.1) is 0 Å². The standard InChI is InChI=1S/C16H14ClFN2O5/c1-16(22,9-25-12-5-2-10(17)3-6-12)15(21)19-11-4-7-14(20(23)24)13(18)8-11/h2-8,22H,9H2,1H3,(H,19,21)/t16-/m0/s1. The number of nitro benzene ring substituents is 1. The molecular formula is C16H14ClFN2O5. The number of ether oxygens (including phenoxy) is 1. The largest absolute Gasteiger partial charge is 0.490 e. The number of hydrogen-bond acceptors (Lipinski definition) is 5. The zero-order valence-corrected chi connectivity index (χ0v) is 13.8. The van der Waals surface area contributed by atoms with Crippen LogP contribution >= 0.6 is 11.6 Å². The van der Waals surface area contributed by atoms with E-state index in [-0.39, 0.29) is 12.3 Å². The Hall–Kier alpha value is -2.71. The van der Waals surface area contributed by atoms with Crippen LogP contribution in [0.2, 0.25) is 5.02 Å². The zero-order chi connectivity index (χ0) is 18.6. The number of carbonyl (C=O) groups is 1. The highest BCUT2D eigenvalue weighted by atomic mass is 35.5. The van der Waals surface area contributed by atoms with Crippen molar-refractivity contribution in [2.45, 2.75) is 12.5 Å². The van der Waals surface area contributed by atoms with Gasteiger partial charge >= 0.3 is 5.69 Å². The summed E-state index contributed by atoms with van der Waals surface area (Å²) < 4.78 is 18.9. The number of nitrogens with one attached hydrogen (secondary N) is 1. The average molecular weight is 369 g/mol. The highest BCUT2D eigenvalue weighted by molar-refractivity contribution is 6.30. The zero-order valence-electron chi connectivity index (χ0n) is 13.0. The van der Waals surface area contributed by atoms with E-state index in [4.69, 9.17) is 16.3 Å². The number of halogens is 2. The number of nitro groups is 1. The number of rotatable bonds is 6. The first kappa shape index (κ1) is 18.6. The van der Waals surface area contributed by atoms with E-state index in [9.17, 15) is 24.4 Å². The van der Waals surface area contributed by atoms with E-state index in [0.717, 1.165) is 18.2 Å². The van der Waals surface area contributed by atoms with Gasteiger partial charge in [-0.05, 0) is 37.3 Å². The van der Waals surface area contributed by atoms with Crippen LogP contribution in [0.25, 0.3) is 0 Å². The van der Waals surface area contributed by atoms with Gasteiger partial charge in [0.1, 0.15) is 12.4 Å². The van der Waals surface area contributed by atoms with Crippen molar-refractivity contribution >= 4 is 28.9 Å². The smallest absolute Gasteiger partial charge is 0.304 e. The molecule has 2 rings (SSSR count). The Bertz CT molecular complexity index is 796. The summed E-state index contributed by atoms with van der Waals surface area (Å²) in [7, 11) is 0. The molecule has 0 aliphatic rings. The maximum atomic E-state index is 13.6. The Balaban J connectivity index is 2.01. The molecule has 132 valence electrons. The molecule has 0 aliphatic carbocycles. The fraction of sp³-hybridized carbons (Fsp3) is 0.188. The molecule has 0 heterocycles. The van der Waals surface area contributed by atoms with Crippen LogP contribution in [-0.4, -0.2) is 28.1 Å². The van der Waals surface area contributed by atoms with Crippen LogP contribution in [0, 0.1) is 15.9 Å². The Labute approximate surface area is 147 Å². The van der Waals surface area contributed by atoms with Crippen LogP contribution in [0.4, 0.5) is 15.8 Å². The fourth-order valence-corrected chi connectivity index (χ4v) is 1.94. The monoisotopic (exact) mass is 368 g/mol. The minimum absolute atomic E-state index is 0.0279. The van der Waals surface area contributed by atoms with Crippen LogP contribution in [0.3, 0.4) is 0 Å². The molecule has 0 bridgehead atoms. The second-order valence-electron chi connectivity index (χ2n) is 5.39. The molecule has 1 atom stereocenters. The second kappa shape index (κ2) is 7.45. The van der Waals surface area contributed by atoms with Crippen LogP contribution in [0.1, 0.15) is 6.92 Å². The average Bonchev–Trinajstić information content (AvgIpc) is 2.54. The lowest BCUT2D eigenvalue weighted by atomic mass is 10.1. The third-order valence-corrected chi connectivity index (χ3v) is 3.48. The molecule has 7 nitrogen and oxygen atoms in total. The molecule has 0 saturated heterocycles. The second-order valence-corrected chi connectivity index (χ2v) is 5.83. The third-order valence-electron chi connectivity index (χ3n) is 3.22. The summed E-state index contributed by atoms with van der Waals surface area (Å²) in [6.45, 7) is 0.857. The van der Waals surface area contributed by atoms with Gasteiger partial charge in [0.25, 0.3) is 5.91 Å². The van der Waals surface area contributed by atoms with E-state index in [2.05, 4.69) is 5.32 Å². The van der Waals surface area contributed by atoms with Crippen LogP contribution in [0.15, 0.2) is 42.5 Å². The lowest BCUT2D eigenvalue weighted by molar-refractivity contribution is -0.387. The molecule has 0 radical (unpaired) electrons. The number of aliphatic hydroxyl groups is 1. The molecule has 0 saturated carbocycles. The van der Waals surface area contributed by atoms with Crippen LogP contribution < -0.4 is 10.1 Å². The first-order valence-electron chi connectivity index (χ1n) is 7.05. The SMILES string of the molecule is C[C@](O)(COc1ccc(Cl)cc1)C(=O)Nc1ccc([N+](=O)[O-])c(F)c1. The fourth-order valence-electron chi connectivity index (χ4n) is 1.82. The van der Waals surface area contributed by atoms with Crippen molar-refractivity contribution in [1.29, 1.82) is 0 Å². The minimum atomic E-state index is -1.92. The molecule has 2 N–H and O–H groups in total. The molecule has 0 aliphatic heterocycles. The topological polar surface area (TPSA) is 102 Å². The van der Waals surface area contributed by atoms with Crippen molar-refractivity contribution in [2.24, 2.45) is 0 Å². The summed E-state index contributed by atoms with van der Waals surface area (Å²) in [5.41, 5.74) is -2.66. The van der Waals surface area contributed by atoms with Gasteiger partial charge in [-0.2, -0.15) is 4.39 Å². The van der Waals surface area contributed by atoms with Crippen molar-refractivity contribution in [2.75, 3.05) is 11.9 Å². The number of hydrogen-bond donors (Lipinski definition) is 2. The van der Waals surface area contributed by atoms with Crippen LogP contribution in [0.5, 0.6) is 5.75 Å². The normalized spacial score (nSPS) is 13.0. The van der Waals surface area contributed by atoms with E-state index in [1.807, 2.05) is 0 Å². The van der Waals surface area contributed by atoms with Gasteiger partial charge in [0.15, 0.2) is 5.60 Å². The molecule has 0 fully saturated rings. The van der Waals surface area contributed by atoms with Gasteiger partial charge in [0, 0.05) is 22.8 Å². The first-order chi connectivity index (χ1) is 11.7. The van der Waals surface area contributed by atoms with Gasteiger partial charge < -0.3 is 15.2 Å². The Morgan fingerprint density at radius 3 is 2.56 bits per heavy atom. The Morgan fingerprint density at radius 2 is 2.00 bits per heavy atom. The lowest BCUT2D eigenvalue weighted by Crippen LogP contribution is -2.45. The number of nitrogens with zero attached hydrogens (tertiary/aromatic N) is 1. The van der Waals surface area contributed by atoms with Crippen molar-refractivity contribution < 1.29 is 24.0 Å². The van der Waals surface area contributed by atoms with Crippen molar-refractivity contribution in [3.8, 4) is 5.75 Å². The minimum Gasteiger partial charge on any atom is -0.490 e. The predicted molar refractivity (Wildman–Crippen MR) is 89.3 cm³/mol. The molecule has 1 amide bonds. The van der Waals surface area contributed by atoms with Crippen LogP contribution in [-0.2, 0) is 4.79 Å². The van der Waals surface area contributed by atoms with Gasteiger partial charge in [-0.25, -0.2) is 0 Å². The third kappa shape index (κ3) is 4.88. The lowest BCUT2D eigenvalue weighted by Gasteiger charge is -2.22. The predicted octanol–water partition coefficient (Wildman–Crippen LogP) is 3.16. The van der Waals surface area contributed by atoms with E-state index < -0.39 is 27.9 Å². The molecule has 2 aromatic carbocycles.